The fraction of sp³-hybridized carbons (Fsp3) is 0.364. The molecule has 0 heterocycles. The number of hydrogen-bond acceptors (Lipinski definition) is 4. The molecule has 0 aromatic heterocycles. The number of benzene rings is 1. The minimum Gasteiger partial charge on any atom is -0.385 e. The van der Waals surface area contributed by atoms with Crippen LogP contribution in [0.1, 0.15) is 17.2 Å². The molecule has 0 aliphatic rings. The Morgan fingerprint density at radius 2 is 2.06 bits per heavy atom. The van der Waals surface area contributed by atoms with E-state index in [2.05, 4.69) is 5.32 Å². The standard InChI is InChI=1S/C11H16N2O3/c1-13-6-7-4-2-3-5-8(7)9(14)10(15)11(12)16/h2-5,9-10,13-15H,6H2,1H3,(H2,12,16). The molecule has 88 valence electrons. The van der Waals surface area contributed by atoms with Gasteiger partial charge in [-0.3, -0.25) is 4.79 Å². The third-order valence-electron chi connectivity index (χ3n) is 2.33. The summed E-state index contributed by atoms with van der Waals surface area (Å²) in [7, 11) is 1.77. The van der Waals surface area contributed by atoms with Crippen LogP contribution in [-0.4, -0.2) is 29.3 Å². The topological polar surface area (TPSA) is 95.6 Å². The van der Waals surface area contributed by atoms with E-state index in [0.29, 0.717) is 12.1 Å². The van der Waals surface area contributed by atoms with Crippen molar-refractivity contribution in [2.24, 2.45) is 5.73 Å². The molecule has 0 aliphatic heterocycles. The highest BCUT2D eigenvalue weighted by atomic mass is 16.3. The van der Waals surface area contributed by atoms with Crippen LogP contribution in [0.5, 0.6) is 0 Å². The van der Waals surface area contributed by atoms with Gasteiger partial charge >= 0.3 is 0 Å². The van der Waals surface area contributed by atoms with Crippen molar-refractivity contribution in [1.29, 1.82) is 0 Å². The quantitative estimate of drug-likeness (QED) is 0.531. The van der Waals surface area contributed by atoms with Crippen LogP contribution in [-0.2, 0) is 11.3 Å². The Labute approximate surface area is 93.9 Å². The maximum absolute atomic E-state index is 10.8. The number of carbonyl (C=O) groups is 1. The van der Waals surface area contributed by atoms with Gasteiger partial charge in [0.05, 0.1) is 0 Å². The van der Waals surface area contributed by atoms with Gasteiger partial charge in [-0.05, 0) is 18.2 Å². The lowest BCUT2D eigenvalue weighted by molar-refractivity contribution is -0.132. The Morgan fingerprint density at radius 3 is 2.62 bits per heavy atom. The molecule has 1 aromatic rings. The van der Waals surface area contributed by atoms with Crippen molar-refractivity contribution in [3.8, 4) is 0 Å². The summed E-state index contributed by atoms with van der Waals surface area (Å²) >= 11 is 0. The Hall–Kier alpha value is -1.43. The normalized spacial score (nSPS) is 14.4. The lowest BCUT2D eigenvalue weighted by Crippen LogP contribution is -2.34. The SMILES string of the molecule is CNCc1ccccc1C(O)C(O)C(N)=O. The first-order chi connectivity index (χ1) is 7.57. The Bertz CT molecular complexity index is 368. The van der Waals surface area contributed by atoms with E-state index in [4.69, 9.17) is 5.73 Å². The highest BCUT2D eigenvalue weighted by Gasteiger charge is 2.24. The van der Waals surface area contributed by atoms with Crippen LogP contribution in [0.4, 0.5) is 0 Å². The van der Waals surface area contributed by atoms with E-state index in [-0.39, 0.29) is 0 Å². The van der Waals surface area contributed by atoms with E-state index in [0.717, 1.165) is 5.56 Å². The molecule has 0 aliphatic carbocycles. The number of aliphatic hydroxyl groups is 2. The zero-order valence-corrected chi connectivity index (χ0v) is 9.05. The number of rotatable bonds is 5. The number of hydrogen-bond donors (Lipinski definition) is 4. The maximum atomic E-state index is 10.8. The fourth-order valence-electron chi connectivity index (χ4n) is 1.50. The monoisotopic (exact) mass is 224 g/mol. The first-order valence-corrected chi connectivity index (χ1v) is 4.95. The van der Waals surface area contributed by atoms with Crippen molar-refractivity contribution < 1.29 is 15.0 Å². The van der Waals surface area contributed by atoms with E-state index in [1.165, 1.54) is 0 Å². The van der Waals surface area contributed by atoms with Crippen LogP contribution < -0.4 is 11.1 Å². The molecular formula is C11H16N2O3. The molecule has 2 atom stereocenters. The molecule has 0 saturated carbocycles. The van der Waals surface area contributed by atoms with Gasteiger partial charge in [0.25, 0.3) is 0 Å². The van der Waals surface area contributed by atoms with Gasteiger partial charge in [0.2, 0.25) is 5.91 Å². The van der Waals surface area contributed by atoms with Crippen LogP contribution in [0.2, 0.25) is 0 Å². The summed E-state index contributed by atoms with van der Waals surface area (Å²) in [6.45, 7) is 0.540. The lowest BCUT2D eigenvalue weighted by Gasteiger charge is -2.18. The summed E-state index contributed by atoms with van der Waals surface area (Å²) in [5, 5.41) is 22.1. The average Bonchev–Trinajstić information content (AvgIpc) is 2.28. The highest BCUT2D eigenvalue weighted by molar-refractivity contribution is 5.79. The molecule has 0 spiro atoms. The Morgan fingerprint density at radius 1 is 1.44 bits per heavy atom. The summed E-state index contributed by atoms with van der Waals surface area (Å²) in [6, 6.07) is 7.01. The summed E-state index contributed by atoms with van der Waals surface area (Å²) in [5.74, 6) is -0.938. The fourth-order valence-corrected chi connectivity index (χ4v) is 1.50. The molecule has 0 fully saturated rings. The highest BCUT2D eigenvalue weighted by Crippen LogP contribution is 2.21. The van der Waals surface area contributed by atoms with E-state index >= 15 is 0 Å². The smallest absolute Gasteiger partial charge is 0.249 e. The number of aliphatic hydroxyl groups excluding tert-OH is 2. The van der Waals surface area contributed by atoms with Crippen LogP contribution in [0.25, 0.3) is 0 Å². The molecule has 2 unspecified atom stereocenters. The molecule has 1 rings (SSSR count). The second kappa shape index (κ2) is 5.60. The first kappa shape index (κ1) is 12.6. The molecule has 0 saturated heterocycles. The molecule has 5 N–H and O–H groups in total. The number of carbonyl (C=O) groups excluding carboxylic acids is 1. The van der Waals surface area contributed by atoms with Gasteiger partial charge < -0.3 is 21.3 Å². The molecule has 5 heteroatoms. The molecule has 0 bridgehead atoms. The number of primary amides is 1. The molecule has 5 nitrogen and oxygen atoms in total. The van der Waals surface area contributed by atoms with Gasteiger partial charge in [0.15, 0.2) is 6.10 Å². The third-order valence-corrected chi connectivity index (χ3v) is 2.33. The van der Waals surface area contributed by atoms with Crippen LogP contribution in [0.15, 0.2) is 24.3 Å². The maximum Gasteiger partial charge on any atom is 0.249 e. The molecule has 0 radical (unpaired) electrons. The van der Waals surface area contributed by atoms with E-state index in [1.54, 1.807) is 19.2 Å². The first-order valence-electron chi connectivity index (χ1n) is 4.95. The van der Waals surface area contributed by atoms with Crippen LogP contribution >= 0.6 is 0 Å². The van der Waals surface area contributed by atoms with E-state index in [9.17, 15) is 15.0 Å². The zero-order valence-electron chi connectivity index (χ0n) is 9.05. The van der Waals surface area contributed by atoms with Crippen molar-refractivity contribution in [3.63, 3.8) is 0 Å². The van der Waals surface area contributed by atoms with Gasteiger partial charge in [-0.1, -0.05) is 24.3 Å². The number of nitrogens with two attached hydrogens (primary N) is 1. The van der Waals surface area contributed by atoms with E-state index < -0.39 is 18.1 Å². The summed E-state index contributed by atoms with van der Waals surface area (Å²) < 4.78 is 0. The average molecular weight is 224 g/mol. The predicted molar refractivity (Wildman–Crippen MR) is 59.4 cm³/mol. The van der Waals surface area contributed by atoms with Gasteiger partial charge in [0.1, 0.15) is 6.10 Å². The largest absolute Gasteiger partial charge is 0.385 e. The zero-order chi connectivity index (χ0) is 12.1. The lowest BCUT2D eigenvalue weighted by atomic mass is 9.98. The summed E-state index contributed by atoms with van der Waals surface area (Å²) in [4.78, 5) is 10.8. The van der Waals surface area contributed by atoms with Gasteiger partial charge in [-0.15, -0.1) is 0 Å². The molecule has 1 aromatic carbocycles. The van der Waals surface area contributed by atoms with Gasteiger partial charge in [-0.2, -0.15) is 0 Å². The third kappa shape index (κ3) is 2.79. The second-order valence-corrected chi connectivity index (χ2v) is 3.52. The van der Waals surface area contributed by atoms with Crippen LogP contribution in [0.3, 0.4) is 0 Å². The van der Waals surface area contributed by atoms with Crippen LogP contribution in [0, 0.1) is 0 Å². The van der Waals surface area contributed by atoms with Crippen molar-refractivity contribution >= 4 is 5.91 Å². The van der Waals surface area contributed by atoms with Crippen molar-refractivity contribution in [3.05, 3.63) is 35.4 Å². The summed E-state index contributed by atoms with van der Waals surface area (Å²) in [5.41, 5.74) is 6.25. The Kier molecular flexibility index (Phi) is 4.42. The molecular weight excluding hydrogens is 208 g/mol. The van der Waals surface area contributed by atoms with Crippen molar-refractivity contribution in [2.75, 3.05) is 7.05 Å². The minimum atomic E-state index is -1.59. The molecule has 1 amide bonds. The number of nitrogens with one attached hydrogen (secondary N) is 1. The summed E-state index contributed by atoms with van der Waals surface area (Å²) in [6.07, 6.45) is -2.87. The second-order valence-electron chi connectivity index (χ2n) is 3.52. The van der Waals surface area contributed by atoms with E-state index in [1.807, 2.05) is 12.1 Å². The Balaban J connectivity index is 2.97. The predicted octanol–water partition coefficient (Wildman–Crippen LogP) is -0.714. The van der Waals surface area contributed by atoms with Gasteiger partial charge in [-0.25, -0.2) is 0 Å². The van der Waals surface area contributed by atoms with Crippen molar-refractivity contribution in [2.45, 2.75) is 18.8 Å². The van der Waals surface area contributed by atoms with Crippen molar-refractivity contribution in [1.82, 2.24) is 5.32 Å². The van der Waals surface area contributed by atoms with Gasteiger partial charge in [0, 0.05) is 6.54 Å². The minimum absolute atomic E-state index is 0.503. The molecule has 16 heavy (non-hydrogen) atoms. The number of amides is 1.